The van der Waals surface area contributed by atoms with Gasteiger partial charge in [-0.15, -0.1) is 0 Å². The number of nitrogens with one attached hydrogen (secondary N) is 1. The second kappa shape index (κ2) is 8.13. The van der Waals surface area contributed by atoms with E-state index in [1.165, 1.54) is 0 Å². The summed E-state index contributed by atoms with van der Waals surface area (Å²) in [5.41, 5.74) is 1.74. The molecule has 124 valence electrons. The number of amides is 1. The molecule has 0 saturated heterocycles. The molecule has 0 spiro atoms. The molecule has 1 amide bonds. The summed E-state index contributed by atoms with van der Waals surface area (Å²) in [6.07, 6.45) is 4.22. The molecule has 23 heavy (non-hydrogen) atoms. The molecule has 0 aliphatic rings. The molecule has 0 atom stereocenters. The van der Waals surface area contributed by atoms with Gasteiger partial charge in [-0.2, -0.15) is 0 Å². The Kier molecular flexibility index (Phi) is 6.19. The largest absolute Gasteiger partial charge is 0.334 e. The highest BCUT2D eigenvalue weighted by atomic mass is 35.5. The lowest BCUT2D eigenvalue weighted by Crippen LogP contribution is -2.27. The number of hydrogen-bond donors (Lipinski definition) is 1. The van der Waals surface area contributed by atoms with Gasteiger partial charge in [-0.05, 0) is 38.6 Å². The molecule has 1 N–H and O–H groups in total. The Balaban J connectivity index is 1.73. The van der Waals surface area contributed by atoms with Crippen molar-refractivity contribution in [1.82, 2.24) is 14.5 Å². The zero-order chi connectivity index (χ0) is 16.8. The Bertz CT molecular complexity index is 668. The first-order valence-corrected chi connectivity index (χ1v) is 8.06. The fourth-order valence-corrected chi connectivity index (χ4v) is 2.40. The number of carbonyl (C=O) groups is 1. The molecule has 2 rings (SSSR count). The molecule has 0 bridgehead atoms. The van der Waals surface area contributed by atoms with E-state index in [0.717, 1.165) is 30.2 Å². The summed E-state index contributed by atoms with van der Waals surface area (Å²) >= 11 is 6.06. The number of hydrogen-bond acceptors (Lipinski definition) is 3. The number of aryl methyl sites for hydroxylation is 2. The topological polar surface area (TPSA) is 50.2 Å². The van der Waals surface area contributed by atoms with Crippen molar-refractivity contribution >= 4 is 23.2 Å². The molecule has 6 heteroatoms. The molecule has 0 aliphatic heterocycles. The Morgan fingerprint density at radius 3 is 2.78 bits per heavy atom. The van der Waals surface area contributed by atoms with Gasteiger partial charge in [0.2, 0.25) is 5.91 Å². The molecule has 0 radical (unpaired) electrons. The lowest BCUT2D eigenvalue weighted by molar-refractivity contribution is -0.116. The van der Waals surface area contributed by atoms with Crippen molar-refractivity contribution < 1.29 is 4.79 Å². The Morgan fingerprint density at radius 1 is 1.35 bits per heavy atom. The zero-order valence-electron chi connectivity index (χ0n) is 13.8. The number of anilines is 1. The van der Waals surface area contributed by atoms with Crippen molar-refractivity contribution in [1.29, 1.82) is 0 Å². The fourth-order valence-electron chi connectivity index (χ4n) is 2.22. The summed E-state index contributed by atoms with van der Waals surface area (Å²) in [4.78, 5) is 18.3. The Morgan fingerprint density at radius 2 is 2.13 bits per heavy atom. The van der Waals surface area contributed by atoms with E-state index >= 15 is 0 Å². The van der Waals surface area contributed by atoms with Gasteiger partial charge in [0, 0.05) is 49.2 Å². The van der Waals surface area contributed by atoms with E-state index in [0.29, 0.717) is 18.0 Å². The van der Waals surface area contributed by atoms with Crippen LogP contribution in [0.15, 0.2) is 30.6 Å². The summed E-state index contributed by atoms with van der Waals surface area (Å²) in [5, 5.41) is 3.54. The number of halogens is 1. The van der Waals surface area contributed by atoms with Crippen LogP contribution in [0.3, 0.4) is 0 Å². The molecule has 0 aliphatic carbocycles. The van der Waals surface area contributed by atoms with Gasteiger partial charge in [-0.3, -0.25) is 4.79 Å². The van der Waals surface area contributed by atoms with Gasteiger partial charge in [0.15, 0.2) is 0 Å². The second-order valence-corrected chi connectivity index (χ2v) is 6.14. The summed E-state index contributed by atoms with van der Waals surface area (Å²) in [7, 11) is 2.02. The molecule has 0 unspecified atom stereocenters. The number of benzene rings is 1. The van der Waals surface area contributed by atoms with Gasteiger partial charge in [-0.1, -0.05) is 17.7 Å². The van der Waals surface area contributed by atoms with Crippen molar-refractivity contribution in [3.63, 3.8) is 0 Å². The van der Waals surface area contributed by atoms with Gasteiger partial charge < -0.3 is 14.8 Å². The van der Waals surface area contributed by atoms with Crippen LogP contribution in [-0.2, 0) is 11.3 Å². The summed E-state index contributed by atoms with van der Waals surface area (Å²) in [5.74, 6) is 1.00. The van der Waals surface area contributed by atoms with Crippen molar-refractivity contribution in [2.75, 3.05) is 25.5 Å². The predicted molar refractivity (Wildman–Crippen MR) is 93.9 cm³/mol. The molecule has 2 aromatic rings. The SMILES string of the molecule is Cc1ccc(NC(=O)CCN(C)CCn2ccnc2C)cc1Cl. The first-order valence-electron chi connectivity index (χ1n) is 7.68. The number of likely N-dealkylation sites (N-methyl/N-ethyl adjacent to an activating group) is 1. The van der Waals surface area contributed by atoms with Crippen LogP contribution < -0.4 is 5.32 Å². The molecule has 1 heterocycles. The minimum absolute atomic E-state index is 0.00409. The Hall–Kier alpha value is -1.85. The van der Waals surface area contributed by atoms with E-state index in [1.807, 2.05) is 39.2 Å². The van der Waals surface area contributed by atoms with Gasteiger partial charge in [0.25, 0.3) is 0 Å². The third-order valence-electron chi connectivity index (χ3n) is 3.82. The smallest absolute Gasteiger partial charge is 0.225 e. The van der Waals surface area contributed by atoms with Crippen molar-refractivity contribution in [2.24, 2.45) is 0 Å². The van der Waals surface area contributed by atoms with Crippen LogP contribution in [0.25, 0.3) is 0 Å². The summed E-state index contributed by atoms with van der Waals surface area (Å²) in [6.45, 7) is 6.38. The van der Waals surface area contributed by atoms with Crippen molar-refractivity contribution in [3.05, 3.63) is 47.0 Å². The van der Waals surface area contributed by atoms with E-state index in [9.17, 15) is 4.79 Å². The summed E-state index contributed by atoms with van der Waals surface area (Å²) < 4.78 is 2.10. The number of aromatic nitrogens is 2. The molecule has 1 aromatic heterocycles. The van der Waals surface area contributed by atoms with Crippen LogP contribution in [0, 0.1) is 13.8 Å². The van der Waals surface area contributed by atoms with Crippen molar-refractivity contribution in [3.8, 4) is 0 Å². The average Bonchev–Trinajstić information content (AvgIpc) is 2.92. The maximum atomic E-state index is 12.0. The highest BCUT2D eigenvalue weighted by Gasteiger charge is 2.07. The minimum atomic E-state index is -0.00409. The van der Waals surface area contributed by atoms with Gasteiger partial charge in [-0.25, -0.2) is 4.98 Å². The maximum absolute atomic E-state index is 12.0. The van der Waals surface area contributed by atoms with Crippen LogP contribution in [0.4, 0.5) is 5.69 Å². The van der Waals surface area contributed by atoms with Crippen LogP contribution in [0.1, 0.15) is 17.8 Å². The van der Waals surface area contributed by atoms with E-state index in [2.05, 4.69) is 19.8 Å². The number of nitrogens with zero attached hydrogens (tertiary/aromatic N) is 3. The molecule has 5 nitrogen and oxygen atoms in total. The number of carbonyl (C=O) groups excluding carboxylic acids is 1. The average molecular weight is 335 g/mol. The zero-order valence-corrected chi connectivity index (χ0v) is 14.6. The van der Waals surface area contributed by atoms with E-state index in [4.69, 9.17) is 11.6 Å². The molecule has 0 fully saturated rings. The minimum Gasteiger partial charge on any atom is -0.334 e. The normalized spacial score (nSPS) is 11.0. The first kappa shape index (κ1) is 17.5. The predicted octanol–water partition coefficient (Wildman–Crippen LogP) is 3.11. The summed E-state index contributed by atoms with van der Waals surface area (Å²) in [6, 6.07) is 5.54. The molecule has 1 aromatic carbocycles. The van der Waals surface area contributed by atoms with Crippen LogP contribution >= 0.6 is 11.6 Å². The lowest BCUT2D eigenvalue weighted by atomic mass is 10.2. The monoisotopic (exact) mass is 334 g/mol. The molecular weight excluding hydrogens is 312 g/mol. The second-order valence-electron chi connectivity index (χ2n) is 5.73. The standard InChI is InChI=1S/C17H23ClN4O/c1-13-4-5-15(12-16(13)18)20-17(23)6-8-21(3)10-11-22-9-7-19-14(22)2/h4-5,7,9,12H,6,8,10-11H2,1-3H3,(H,20,23). The van der Waals surface area contributed by atoms with Crippen LogP contribution in [0.5, 0.6) is 0 Å². The maximum Gasteiger partial charge on any atom is 0.225 e. The molecular formula is C17H23ClN4O. The first-order chi connectivity index (χ1) is 11.0. The third-order valence-corrected chi connectivity index (χ3v) is 4.23. The van der Waals surface area contributed by atoms with Crippen LogP contribution in [0.2, 0.25) is 5.02 Å². The number of rotatable bonds is 7. The third kappa shape index (κ3) is 5.37. The van der Waals surface area contributed by atoms with Gasteiger partial charge >= 0.3 is 0 Å². The molecule has 0 saturated carbocycles. The van der Waals surface area contributed by atoms with E-state index in [-0.39, 0.29) is 5.91 Å². The lowest BCUT2D eigenvalue weighted by Gasteiger charge is -2.17. The highest BCUT2D eigenvalue weighted by molar-refractivity contribution is 6.31. The fraction of sp³-hybridized carbons (Fsp3) is 0.412. The van der Waals surface area contributed by atoms with Gasteiger partial charge in [0.1, 0.15) is 5.82 Å². The quantitative estimate of drug-likeness (QED) is 0.846. The van der Waals surface area contributed by atoms with E-state index < -0.39 is 0 Å². The van der Waals surface area contributed by atoms with E-state index in [1.54, 1.807) is 12.3 Å². The van der Waals surface area contributed by atoms with Crippen LogP contribution in [-0.4, -0.2) is 40.5 Å². The van der Waals surface area contributed by atoms with Gasteiger partial charge in [0.05, 0.1) is 0 Å². The number of imidazole rings is 1. The van der Waals surface area contributed by atoms with Crippen molar-refractivity contribution in [2.45, 2.75) is 26.8 Å². The highest BCUT2D eigenvalue weighted by Crippen LogP contribution is 2.19. The Labute approximate surface area is 142 Å².